The molecule has 0 saturated carbocycles. The summed E-state index contributed by atoms with van der Waals surface area (Å²) in [7, 11) is 1.60. The molecule has 0 fully saturated rings. The topological polar surface area (TPSA) is 81.1 Å². The summed E-state index contributed by atoms with van der Waals surface area (Å²) >= 11 is 5.93. The Morgan fingerprint density at radius 1 is 1.25 bits per heavy atom. The summed E-state index contributed by atoms with van der Waals surface area (Å²) in [6.45, 7) is 4.07. The number of rotatable bonds is 4. The second-order valence-corrected chi connectivity index (χ2v) is 6.78. The van der Waals surface area contributed by atoms with Crippen molar-refractivity contribution in [3.63, 3.8) is 0 Å². The zero-order valence-electron chi connectivity index (χ0n) is 15.1. The molecular weight excluding hydrogens is 378 g/mol. The molecule has 2 atom stereocenters. The zero-order valence-corrected chi connectivity index (χ0v) is 15.8. The van der Waals surface area contributed by atoms with Crippen molar-refractivity contribution in [1.29, 1.82) is 0 Å². The molecule has 0 aliphatic carbocycles. The van der Waals surface area contributed by atoms with Crippen LogP contribution in [0, 0.1) is 5.92 Å². The Hall–Kier alpha value is -3.32. The van der Waals surface area contributed by atoms with E-state index >= 15 is 0 Å². The van der Waals surface area contributed by atoms with Crippen molar-refractivity contribution < 1.29 is 9.53 Å². The maximum atomic E-state index is 13.2. The number of carbonyl (C=O) groups is 1. The fourth-order valence-electron chi connectivity index (χ4n) is 3.37. The maximum absolute atomic E-state index is 13.2. The fraction of sp³-hybridized carbons (Fsp3) is 0.150. The number of nitrogens with zero attached hydrogens (tertiary/aromatic N) is 3. The first-order valence-electron chi connectivity index (χ1n) is 8.63. The average molecular weight is 396 g/mol. The molecule has 3 aromatic rings. The number of benzene rings is 2. The van der Waals surface area contributed by atoms with Crippen LogP contribution in [0.2, 0.25) is 5.02 Å². The smallest absolute Gasteiger partial charge is 0.235 e. The fourth-order valence-corrected chi connectivity index (χ4v) is 3.50. The Morgan fingerprint density at radius 2 is 2.00 bits per heavy atom. The molecule has 0 saturated heterocycles. The van der Waals surface area contributed by atoms with E-state index < -0.39 is 12.0 Å². The minimum Gasteiger partial charge on any atom is -0.496 e. The standard InChI is InChI=1S/C20H18ClN5O2/c1-12-17(19(27)25-14-9-7-13(21)8-10-14)18(26-20(24-12)22-11-23-26)15-5-3-4-6-16(15)28-2/h3-11,17-18H,1H2,2H3,(H,25,27)(H,22,23,24). The Balaban J connectivity index is 1.76. The number of amides is 1. The molecule has 2 unspecified atom stereocenters. The number of ether oxygens (including phenoxy) is 1. The highest BCUT2D eigenvalue weighted by molar-refractivity contribution is 6.30. The number of carbonyl (C=O) groups excluding carboxylic acids is 1. The zero-order chi connectivity index (χ0) is 19.7. The highest BCUT2D eigenvalue weighted by atomic mass is 35.5. The summed E-state index contributed by atoms with van der Waals surface area (Å²) in [5.74, 6) is 0.322. The number of para-hydroxylation sites is 1. The van der Waals surface area contributed by atoms with Crippen molar-refractivity contribution in [2.45, 2.75) is 6.04 Å². The largest absolute Gasteiger partial charge is 0.496 e. The van der Waals surface area contributed by atoms with Gasteiger partial charge < -0.3 is 15.4 Å². The summed E-state index contributed by atoms with van der Waals surface area (Å²) in [4.78, 5) is 17.4. The number of hydrogen-bond donors (Lipinski definition) is 2. The molecule has 2 aromatic carbocycles. The first kappa shape index (κ1) is 18.1. The molecule has 8 heteroatoms. The van der Waals surface area contributed by atoms with Gasteiger partial charge in [-0.3, -0.25) is 4.79 Å². The molecule has 4 rings (SSSR count). The first-order valence-corrected chi connectivity index (χ1v) is 9.01. The molecule has 1 aliphatic rings. The van der Waals surface area contributed by atoms with Crippen molar-refractivity contribution in [1.82, 2.24) is 14.8 Å². The lowest BCUT2D eigenvalue weighted by Gasteiger charge is -2.34. The van der Waals surface area contributed by atoms with Crippen LogP contribution in [0.4, 0.5) is 11.6 Å². The van der Waals surface area contributed by atoms with Gasteiger partial charge in [0.2, 0.25) is 11.9 Å². The Bertz CT molecular complexity index is 1030. The lowest BCUT2D eigenvalue weighted by atomic mass is 9.88. The van der Waals surface area contributed by atoms with Crippen molar-refractivity contribution in [2.75, 3.05) is 17.7 Å². The molecule has 1 aromatic heterocycles. The number of fused-ring (bicyclic) bond motifs is 1. The molecule has 7 nitrogen and oxygen atoms in total. The Morgan fingerprint density at radius 3 is 2.75 bits per heavy atom. The number of hydrogen-bond acceptors (Lipinski definition) is 5. The predicted octanol–water partition coefficient (Wildman–Crippen LogP) is 3.72. The molecule has 2 heterocycles. The predicted molar refractivity (Wildman–Crippen MR) is 107 cm³/mol. The third-order valence-electron chi connectivity index (χ3n) is 4.65. The summed E-state index contributed by atoms with van der Waals surface area (Å²) < 4.78 is 7.21. The van der Waals surface area contributed by atoms with Crippen LogP contribution in [0.15, 0.2) is 67.1 Å². The lowest BCUT2D eigenvalue weighted by molar-refractivity contribution is -0.119. The highest BCUT2D eigenvalue weighted by Gasteiger charge is 2.40. The molecule has 1 aliphatic heterocycles. The SMILES string of the molecule is C=C1Nc2ncnn2C(c2ccccc2OC)C1C(=O)Nc1ccc(Cl)cc1. The average Bonchev–Trinajstić information content (AvgIpc) is 3.16. The molecule has 0 radical (unpaired) electrons. The molecule has 2 N–H and O–H groups in total. The maximum Gasteiger partial charge on any atom is 0.235 e. The van der Waals surface area contributed by atoms with Crippen LogP contribution in [0.25, 0.3) is 0 Å². The molecule has 1 amide bonds. The number of methoxy groups -OCH3 is 1. The van der Waals surface area contributed by atoms with Gasteiger partial charge in [-0.05, 0) is 30.3 Å². The Kier molecular flexibility index (Phi) is 4.75. The molecule has 142 valence electrons. The van der Waals surface area contributed by atoms with Crippen LogP contribution in [0.3, 0.4) is 0 Å². The number of anilines is 2. The molecule has 28 heavy (non-hydrogen) atoms. The summed E-state index contributed by atoms with van der Waals surface area (Å²) in [6.07, 6.45) is 1.44. The van der Waals surface area contributed by atoms with Crippen LogP contribution < -0.4 is 15.4 Å². The normalized spacial score (nSPS) is 18.1. The monoisotopic (exact) mass is 395 g/mol. The van der Waals surface area contributed by atoms with E-state index in [0.717, 1.165) is 5.56 Å². The van der Waals surface area contributed by atoms with E-state index in [1.807, 2.05) is 24.3 Å². The summed E-state index contributed by atoms with van der Waals surface area (Å²) in [5, 5.41) is 10.9. The van der Waals surface area contributed by atoms with Crippen LogP contribution in [-0.4, -0.2) is 27.8 Å². The van der Waals surface area contributed by atoms with Crippen LogP contribution >= 0.6 is 11.6 Å². The minimum absolute atomic E-state index is 0.225. The van der Waals surface area contributed by atoms with Gasteiger partial charge in [0.1, 0.15) is 24.0 Å². The van der Waals surface area contributed by atoms with E-state index in [1.165, 1.54) is 6.33 Å². The van der Waals surface area contributed by atoms with Crippen LogP contribution in [0.5, 0.6) is 5.75 Å². The second-order valence-electron chi connectivity index (χ2n) is 6.34. The van der Waals surface area contributed by atoms with Gasteiger partial charge in [0.05, 0.1) is 7.11 Å². The number of aromatic nitrogens is 3. The van der Waals surface area contributed by atoms with Gasteiger partial charge in [-0.15, -0.1) is 0 Å². The van der Waals surface area contributed by atoms with Gasteiger partial charge in [-0.2, -0.15) is 10.1 Å². The summed E-state index contributed by atoms with van der Waals surface area (Å²) in [5.41, 5.74) is 1.99. The molecular formula is C20H18ClN5O2. The third-order valence-corrected chi connectivity index (χ3v) is 4.90. The highest BCUT2D eigenvalue weighted by Crippen LogP contribution is 2.41. The molecule has 0 bridgehead atoms. The lowest BCUT2D eigenvalue weighted by Crippen LogP contribution is -2.39. The van der Waals surface area contributed by atoms with Crippen molar-refractivity contribution in [3.8, 4) is 5.75 Å². The van der Waals surface area contributed by atoms with Gasteiger partial charge in [0.15, 0.2) is 0 Å². The first-order chi connectivity index (χ1) is 13.6. The van der Waals surface area contributed by atoms with E-state index in [4.69, 9.17) is 16.3 Å². The number of nitrogens with one attached hydrogen (secondary N) is 2. The van der Waals surface area contributed by atoms with E-state index in [9.17, 15) is 4.79 Å². The van der Waals surface area contributed by atoms with Gasteiger partial charge in [0.25, 0.3) is 0 Å². The number of halogens is 1. The minimum atomic E-state index is -0.638. The Labute approximate surface area is 167 Å². The van der Waals surface area contributed by atoms with Gasteiger partial charge in [-0.25, -0.2) is 4.68 Å². The van der Waals surface area contributed by atoms with E-state index in [-0.39, 0.29) is 5.91 Å². The third kappa shape index (κ3) is 3.20. The second kappa shape index (κ2) is 7.36. The summed E-state index contributed by atoms with van der Waals surface area (Å²) in [6, 6.07) is 14.0. The quantitative estimate of drug-likeness (QED) is 0.703. The van der Waals surface area contributed by atoms with E-state index in [0.29, 0.717) is 28.1 Å². The van der Waals surface area contributed by atoms with Crippen LogP contribution in [0.1, 0.15) is 11.6 Å². The van der Waals surface area contributed by atoms with Crippen molar-refractivity contribution in [3.05, 3.63) is 77.7 Å². The van der Waals surface area contributed by atoms with Crippen LogP contribution in [-0.2, 0) is 4.79 Å². The van der Waals surface area contributed by atoms with Gasteiger partial charge in [0, 0.05) is 22.0 Å². The van der Waals surface area contributed by atoms with E-state index in [1.54, 1.807) is 36.1 Å². The molecule has 0 spiro atoms. The van der Waals surface area contributed by atoms with Crippen molar-refractivity contribution >= 4 is 29.1 Å². The van der Waals surface area contributed by atoms with E-state index in [2.05, 4.69) is 27.3 Å². The van der Waals surface area contributed by atoms with Crippen molar-refractivity contribution in [2.24, 2.45) is 5.92 Å². The van der Waals surface area contributed by atoms with Gasteiger partial charge in [-0.1, -0.05) is 36.4 Å². The van der Waals surface area contributed by atoms with Gasteiger partial charge >= 0.3 is 0 Å².